The Bertz CT molecular complexity index is 599. The van der Waals surface area contributed by atoms with E-state index in [9.17, 15) is 4.79 Å². The van der Waals surface area contributed by atoms with Gasteiger partial charge in [0.25, 0.3) is 0 Å². The van der Waals surface area contributed by atoms with Crippen LogP contribution in [0.4, 0.5) is 10.5 Å². The van der Waals surface area contributed by atoms with Crippen molar-refractivity contribution in [3.05, 3.63) is 60.2 Å². The van der Waals surface area contributed by atoms with Crippen molar-refractivity contribution in [2.75, 3.05) is 25.6 Å². The molecule has 2 aromatic carbocycles. The molecule has 1 unspecified atom stereocenters. The number of methoxy groups -OCH3 is 1. The number of carbonyl (C=O) groups is 1. The summed E-state index contributed by atoms with van der Waals surface area (Å²) < 4.78 is 10.4. The van der Waals surface area contributed by atoms with Gasteiger partial charge in [-0.05, 0) is 36.8 Å². The van der Waals surface area contributed by atoms with E-state index in [1.165, 1.54) is 0 Å². The van der Waals surface area contributed by atoms with Crippen LogP contribution in [0.1, 0.15) is 18.5 Å². The monoisotopic (exact) mass is 314 g/mol. The van der Waals surface area contributed by atoms with Crippen LogP contribution in [-0.2, 0) is 4.74 Å². The lowest BCUT2D eigenvalue weighted by molar-refractivity contribution is 0.146. The maximum atomic E-state index is 12.0. The van der Waals surface area contributed by atoms with Crippen LogP contribution >= 0.6 is 0 Å². The summed E-state index contributed by atoms with van der Waals surface area (Å²) in [4.78, 5) is 12.0. The molecule has 0 bridgehead atoms. The molecule has 5 heteroatoms. The summed E-state index contributed by atoms with van der Waals surface area (Å²) in [7, 11) is 1.63. The number of amides is 2. The Morgan fingerprint density at radius 1 is 1.04 bits per heavy atom. The Hall–Kier alpha value is -2.53. The zero-order valence-corrected chi connectivity index (χ0v) is 13.4. The highest BCUT2D eigenvalue weighted by atomic mass is 16.5. The molecule has 0 aliphatic rings. The van der Waals surface area contributed by atoms with Crippen LogP contribution in [0, 0.1) is 0 Å². The molecule has 2 N–H and O–H groups in total. The second-order valence-corrected chi connectivity index (χ2v) is 5.10. The lowest BCUT2D eigenvalue weighted by Crippen LogP contribution is -2.31. The van der Waals surface area contributed by atoms with Crippen molar-refractivity contribution >= 4 is 11.7 Å². The van der Waals surface area contributed by atoms with Crippen molar-refractivity contribution in [2.45, 2.75) is 13.0 Å². The Morgan fingerprint density at radius 3 is 2.39 bits per heavy atom. The number of benzene rings is 2. The lowest BCUT2D eigenvalue weighted by atomic mass is 10.1. The van der Waals surface area contributed by atoms with E-state index in [-0.39, 0.29) is 12.1 Å². The molecule has 0 saturated carbocycles. The van der Waals surface area contributed by atoms with Gasteiger partial charge in [-0.15, -0.1) is 0 Å². The van der Waals surface area contributed by atoms with Crippen molar-refractivity contribution in [3.8, 4) is 5.75 Å². The average Bonchev–Trinajstić information content (AvgIpc) is 2.57. The normalized spacial score (nSPS) is 11.6. The molecule has 2 aromatic rings. The summed E-state index contributed by atoms with van der Waals surface area (Å²) in [6.07, 6.45) is 0. The number of carbonyl (C=O) groups excluding carboxylic acids is 1. The summed E-state index contributed by atoms with van der Waals surface area (Å²) in [5.41, 5.74) is 1.77. The molecule has 5 nitrogen and oxygen atoms in total. The third-order valence-corrected chi connectivity index (χ3v) is 3.32. The van der Waals surface area contributed by atoms with Gasteiger partial charge < -0.3 is 20.1 Å². The number of urea groups is 1. The van der Waals surface area contributed by atoms with Crippen molar-refractivity contribution in [1.29, 1.82) is 0 Å². The van der Waals surface area contributed by atoms with Gasteiger partial charge in [0.1, 0.15) is 12.4 Å². The van der Waals surface area contributed by atoms with E-state index in [4.69, 9.17) is 9.47 Å². The summed E-state index contributed by atoms with van der Waals surface area (Å²) in [6.45, 7) is 2.99. The van der Waals surface area contributed by atoms with E-state index in [2.05, 4.69) is 10.6 Å². The van der Waals surface area contributed by atoms with Gasteiger partial charge in [0.2, 0.25) is 0 Å². The summed E-state index contributed by atoms with van der Waals surface area (Å²) in [6, 6.07) is 16.7. The SMILES string of the molecule is COCCOc1ccc(NC(=O)NC(C)c2ccccc2)cc1. The van der Waals surface area contributed by atoms with Gasteiger partial charge in [-0.1, -0.05) is 30.3 Å². The fourth-order valence-corrected chi connectivity index (χ4v) is 2.07. The zero-order chi connectivity index (χ0) is 16.5. The fraction of sp³-hybridized carbons (Fsp3) is 0.278. The second kappa shape index (κ2) is 8.80. The first-order valence-corrected chi connectivity index (χ1v) is 7.53. The summed E-state index contributed by atoms with van der Waals surface area (Å²) >= 11 is 0. The highest BCUT2D eigenvalue weighted by molar-refractivity contribution is 5.89. The quantitative estimate of drug-likeness (QED) is 0.768. The Kier molecular flexibility index (Phi) is 6.44. The topological polar surface area (TPSA) is 59.6 Å². The van der Waals surface area contributed by atoms with E-state index in [1.807, 2.05) is 49.4 Å². The largest absolute Gasteiger partial charge is 0.491 e. The molecular formula is C18H22N2O3. The van der Waals surface area contributed by atoms with Crippen LogP contribution < -0.4 is 15.4 Å². The fourth-order valence-electron chi connectivity index (χ4n) is 2.07. The van der Waals surface area contributed by atoms with Crippen molar-refractivity contribution in [2.24, 2.45) is 0 Å². The minimum Gasteiger partial charge on any atom is -0.491 e. The maximum absolute atomic E-state index is 12.0. The van der Waals surface area contributed by atoms with Crippen molar-refractivity contribution < 1.29 is 14.3 Å². The molecule has 2 rings (SSSR count). The first-order chi connectivity index (χ1) is 11.2. The van der Waals surface area contributed by atoms with E-state index >= 15 is 0 Å². The molecular weight excluding hydrogens is 292 g/mol. The number of hydrogen-bond donors (Lipinski definition) is 2. The van der Waals surface area contributed by atoms with Crippen LogP contribution in [0.15, 0.2) is 54.6 Å². The highest BCUT2D eigenvalue weighted by Gasteiger charge is 2.09. The number of nitrogens with one attached hydrogen (secondary N) is 2. The summed E-state index contributed by atoms with van der Waals surface area (Å²) in [5.74, 6) is 0.741. The molecule has 0 radical (unpaired) electrons. The van der Waals surface area contributed by atoms with Gasteiger partial charge in [-0.3, -0.25) is 0 Å². The van der Waals surface area contributed by atoms with Crippen LogP contribution in [0.5, 0.6) is 5.75 Å². The molecule has 2 amide bonds. The minimum absolute atomic E-state index is 0.0622. The molecule has 122 valence electrons. The van der Waals surface area contributed by atoms with E-state index in [1.54, 1.807) is 19.2 Å². The molecule has 0 spiro atoms. The van der Waals surface area contributed by atoms with E-state index < -0.39 is 0 Å². The highest BCUT2D eigenvalue weighted by Crippen LogP contribution is 2.16. The first-order valence-electron chi connectivity index (χ1n) is 7.53. The number of rotatable bonds is 7. The number of hydrogen-bond acceptors (Lipinski definition) is 3. The minimum atomic E-state index is -0.241. The molecule has 0 aliphatic heterocycles. The van der Waals surface area contributed by atoms with Gasteiger partial charge in [0, 0.05) is 12.8 Å². The summed E-state index contributed by atoms with van der Waals surface area (Å²) in [5, 5.41) is 5.71. The van der Waals surface area contributed by atoms with E-state index in [0.717, 1.165) is 11.3 Å². The predicted octanol–water partition coefficient (Wildman–Crippen LogP) is 3.59. The van der Waals surface area contributed by atoms with Gasteiger partial charge in [-0.2, -0.15) is 0 Å². The Morgan fingerprint density at radius 2 is 1.74 bits per heavy atom. The van der Waals surface area contributed by atoms with Gasteiger partial charge >= 0.3 is 6.03 Å². The molecule has 0 fully saturated rings. The second-order valence-electron chi connectivity index (χ2n) is 5.10. The van der Waals surface area contributed by atoms with Gasteiger partial charge in [-0.25, -0.2) is 4.79 Å². The Balaban J connectivity index is 1.83. The average molecular weight is 314 g/mol. The smallest absolute Gasteiger partial charge is 0.319 e. The van der Waals surface area contributed by atoms with Crippen molar-refractivity contribution in [3.63, 3.8) is 0 Å². The molecule has 0 heterocycles. The van der Waals surface area contributed by atoms with Crippen LogP contribution in [-0.4, -0.2) is 26.4 Å². The van der Waals surface area contributed by atoms with Gasteiger partial charge in [0.05, 0.1) is 12.6 Å². The van der Waals surface area contributed by atoms with Crippen LogP contribution in [0.3, 0.4) is 0 Å². The number of ether oxygens (including phenoxy) is 2. The third-order valence-electron chi connectivity index (χ3n) is 3.32. The molecule has 23 heavy (non-hydrogen) atoms. The molecule has 0 saturated heterocycles. The first kappa shape index (κ1) is 16.8. The molecule has 1 atom stereocenters. The predicted molar refractivity (Wildman–Crippen MR) is 90.8 cm³/mol. The van der Waals surface area contributed by atoms with Gasteiger partial charge in [0.15, 0.2) is 0 Å². The third kappa shape index (κ3) is 5.64. The number of anilines is 1. The molecule has 0 aromatic heterocycles. The van der Waals surface area contributed by atoms with Crippen LogP contribution in [0.25, 0.3) is 0 Å². The van der Waals surface area contributed by atoms with Crippen molar-refractivity contribution in [1.82, 2.24) is 5.32 Å². The standard InChI is InChI=1S/C18H22N2O3/c1-14(15-6-4-3-5-7-15)19-18(21)20-16-8-10-17(11-9-16)23-13-12-22-2/h3-11,14H,12-13H2,1-2H3,(H2,19,20,21). The lowest BCUT2D eigenvalue weighted by Gasteiger charge is -2.15. The molecule has 0 aliphatic carbocycles. The van der Waals surface area contributed by atoms with Crippen LogP contribution in [0.2, 0.25) is 0 Å². The van der Waals surface area contributed by atoms with E-state index in [0.29, 0.717) is 18.9 Å². The Labute approximate surface area is 136 Å². The zero-order valence-electron chi connectivity index (χ0n) is 13.4. The maximum Gasteiger partial charge on any atom is 0.319 e.